The van der Waals surface area contributed by atoms with Gasteiger partial charge in [-0.05, 0) is 45.0 Å². The van der Waals surface area contributed by atoms with Crippen molar-refractivity contribution >= 4 is 17.6 Å². The van der Waals surface area contributed by atoms with E-state index >= 15 is 0 Å². The lowest BCUT2D eigenvalue weighted by Gasteiger charge is -2.21. The predicted octanol–water partition coefficient (Wildman–Crippen LogP) is 1.82. The van der Waals surface area contributed by atoms with Crippen LogP contribution in [0.3, 0.4) is 0 Å². The number of nitrogens with zero attached hydrogens (tertiary/aromatic N) is 3. The topological polar surface area (TPSA) is 60.0 Å². The first-order valence-corrected chi connectivity index (χ1v) is 9.05. The van der Waals surface area contributed by atoms with Crippen molar-refractivity contribution in [3.05, 3.63) is 29.8 Å². The van der Waals surface area contributed by atoms with Crippen molar-refractivity contribution in [2.75, 3.05) is 38.6 Å². The molecule has 1 saturated heterocycles. The Kier molecular flexibility index (Phi) is 7.25. The second-order valence-corrected chi connectivity index (χ2v) is 6.74. The first-order chi connectivity index (χ1) is 12.0. The SMILES string of the molecule is CN=C(NCCN(C)C(C)C)NCc1ccc(N2CCCC2=O)cc1. The first-order valence-electron chi connectivity index (χ1n) is 9.05. The van der Waals surface area contributed by atoms with Crippen LogP contribution in [0.5, 0.6) is 0 Å². The number of carbonyl (C=O) groups excluding carboxylic acids is 1. The molecule has 1 aliphatic rings. The molecule has 25 heavy (non-hydrogen) atoms. The summed E-state index contributed by atoms with van der Waals surface area (Å²) in [7, 11) is 3.90. The number of hydrogen-bond donors (Lipinski definition) is 2. The van der Waals surface area contributed by atoms with Gasteiger partial charge in [0.1, 0.15) is 0 Å². The zero-order chi connectivity index (χ0) is 18.2. The Labute approximate surface area is 151 Å². The van der Waals surface area contributed by atoms with Crippen LogP contribution in [0.4, 0.5) is 5.69 Å². The van der Waals surface area contributed by atoms with Gasteiger partial charge >= 0.3 is 0 Å². The average Bonchev–Trinajstić information content (AvgIpc) is 3.04. The number of carbonyl (C=O) groups is 1. The quantitative estimate of drug-likeness (QED) is 0.585. The van der Waals surface area contributed by atoms with Crippen LogP contribution >= 0.6 is 0 Å². The van der Waals surface area contributed by atoms with Crippen LogP contribution in [0.15, 0.2) is 29.3 Å². The molecular formula is C19H31N5O. The molecule has 1 heterocycles. The lowest BCUT2D eigenvalue weighted by atomic mass is 10.2. The van der Waals surface area contributed by atoms with E-state index in [1.54, 1.807) is 7.05 Å². The van der Waals surface area contributed by atoms with Crippen molar-refractivity contribution < 1.29 is 4.79 Å². The van der Waals surface area contributed by atoms with Crippen molar-refractivity contribution in [2.45, 2.75) is 39.3 Å². The highest BCUT2D eigenvalue weighted by molar-refractivity contribution is 5.95. The minimum Gasteiger partial charge on any atom is -0.355 e. The molecule has 1 aromatic carbocycles. The number of aliphatic imine (C=N–C) groups is 1. The van der Waals surface area contributed by atoms with Gasteiger partial charge in [0.05, 0.1) is 0 Å². The van der Waals surface area contributed by atoms with Gasteiger partial charge in [0.15, 0.2) is 5.96 Å². The van der Waals surface area contributed by atoms with Crippen molar-refractivity contribution in [3.8, 4) is 0 Å². The van der Waals surface area contributed by atoms with Crippen LogP contribution in [0, 0.1) is 0 Å². The number of benzene rings is 1. The van der Waals surface area contributed by atoms with Gasteiger partial charge < -0.3 is 20.4 Å². The van der Waals surface area contributed by atoms with E-state index in [0.29, 0.717) is 19.0 Å². The number of rotatable bonds is 7. The lowest BCUT2D eigenvalue weighted by molar-refractivity contribution is -0.117. The normalized spacial score (nSPS) is 15.4. The number of likely N-dealkylation sites (N-methyl/N-ethyl adjacent to an activating group) is 1. The molecule has 1 aliphatic heterocycles. The molecule has 0 saturated carbocycles. The highest BCUT2D eigenvalue weighted by Crippen LogP contribution is 2.21. The second-order valence-electron chi connectivity index (χ2n) is 6.74. The maximum Gasteiger partial charge on any atom is 0.227 e. The molecule has 6 heteroatoms. The Hall–Kier alpha value is -2.08. The summed E-state index contributed by atoms with van der Waals surface area (Å²) in [4.78, 5) is 20.2. The Morgan fingerprint density at radius 3 is 2.56 bits per heavy atom. The molecule has 1 aromatic rings. The minimum absolute atomic E-state index is 0.224. The fraction of sp³-hybridized carbons (Fsp3) is 0.579. The summed E-state index contributed by atoms with van der Waals surface area (Å²) >= 11 is 0. The molecule has 0 unspecified atom stereocenters. The molecule has 0 aromatic heterocycles. The summed E-state index contributed by atoms with van der Waals surface area (Å²) in [6.07, 6.45) is 1.62. The third kappa shape index (κ3) is 5.74. The van der Waals surface area contributed by atoms with E-state index in [4.69, 9.17) is 0 Å². The zero-order valence-electron chi connectivity index (χ0n) is 15.9. The molecule has 1 amide bonds. The van der Waals surface area contributed by atoms with E-state index in [1.165, 1.54) is 0 Å². The zero-order valence-corrected chi connectivity index (χ0v) is 15.9. The molecule has 2 N–H and O–H groups in total. The highest BCUT2D eigenvalue weighted by Gasteiger charge is 2.21. The van der Waals surface area contributed by atoms with Crippen molar-refractivity contribution in [1.82, 2.24) is 15.5 Å². The fourth-order valence-electron chi connectivity index (χ4n) is 2.73. The van der Waals surface area contributed by atoms with E-state index in [2.05, 4.69) is 53.6 Å². The number of anilines is 1. The Balaban J connectivity index is 1.78. The largest absolute Gasteiger partial charge is 0.355 e. The van der Waals surface area contributed by atoms with Crippen molar-refractivity contribution in [1.29, 1.82) is 0 Å². The van der Waals surface area contributed by atoms with E-state index in [0.717, 1.165) is 43.3 Å². The molecule has 0 spiro atoms. The molecule has 2 rings (SSSR count). The molecule has 0 bridgehead atoms. The third-order valence-electron chi connectivity index (χ3n) is 4.64. The Morgan fingerprint density at radius 2 is 2.00 bits per heavy atom. The molecule has 1 fully saturated rings. The number of amides is 1. The maximum atomic E-state index is 11.8. The predicted molar refractivity (Wildman–Crippen MR) is 104 cm³/mol. The van der Waals surface area contributed by atoms with E-state index in [-0.39, 0.29) is 5.91 Å². The van der Waals surface area contributed by atoms with Crippen LogP contribution < -0.4 is 15.5 Å². The first kappa shape index (κ1) is 19.2. The van der Waals surface area contributed by atoms with Gasteiger partial charge in [0, 0.05) is 51.4 Å². The fourth-order valence-corrected chi connectivity index (χ4v) is 2.73. The average molecular weight is 345 g/mol. The summed E-state index contributed by atoms with van der Waals surface area (Å²) in [5.41, 5.74) is 2.16. The standard InChI is InChI=1S/C19H31N5O/c1-15(2)23(4)13-11-21-19(20-3)22-14-16-7-9-17(10-8-16)24-12-5-6-18(24)25/h7-10,15H,5-6,11-14H2,1-4H3,(H2,20,21,22). The summed E-state index contributed by atoms with van der Waals surface area (Å²) in [6, 6.07) is 8.71. The third-order valence-corrected chi connectivity index (χ3v) is 4.64. The molecular weight excluding hydrogens is 314 g/mol. The van der Waals surface area contributed by atoms with E-state index in [1.807, 2.05) is 17.0 Å². The van der Waals surface area contributed by atoms with Gasteiger partial charge in [-0.1, -0.05) is 12.1 Å². The van der Waals surface area contributed by atoms with Gasteiger partial charge in [-0.25, -0.2) is 0 Å². The molecule has 6 nitrogen and oxygen atoms in total. The van der Waals surface area contributed by atoms with Crippen LogP contribution in [0.25, 0.3) is 0 Å². The Morgan fingerprint density at radius 1 is 1.28 bits per heavy atom. The van der Waals surface area contributed by atoms with Gasteiger partial charge in [-0.3, -0.25) is 9.79 Å². The summed E-state index contributed by atoms with van der Waals surface area (Å²) < 4.78 is 0. The summed E-state index contributed by atoms with van der Waals surface area (Å²) in [5, 5.41) is 6.66. The van der Waals surface area contributed by atoms with Crippen LogP contribution in [-0.4, -0.2) is 56.5 Å². The molecule has 0 aliphatic carbocycles. The van der Waals surface area contributed by atoms with Crippen molar-refractivity contribution in [2.24, 2.45) is 4.99 Å². The highest BCUT2D eigenvalue weighted by atomic mass is 16.2. The van der Waals surface area contributed by atoms with Crippen LogP contribution in [0.1, 0.15) is 32.3 Å². The van der Waals surface area contributed by atoms with Crippen LogP contribution in [0.2, 0.25) is 0 Å². The number of nitrogens with one attached hydrogen (secondary N) is 2. The summed E-state index contributed by atoms with van der Waals surface area (Å²) in [6.45, 7) is 7.73. The van der Waals surface area contributed by atoms with Crippen molar-refractivity contribution in [3.63, 3.8) is 0 Å². The maximum absolute atomic E-state index is 11.8. The second kappa shape index (κ2) is 9.42. The van der Waals surface area contributed by atoms with Crippen LogP contribution in [-0.2, 0) is 11.3 Å². The lowest BCUT2D eigenvalue weighted by Crippen LogP contribution is -2.41. The molecule has 138 valence electrons. The number of hydrogen-bond acceptors (Lipinski definition) is 3. The minimum atomic E-state index is 0.224. The molecule has 0 atom stereocenters. The van der Waals surface area contributed by atoms with E-state index in [9.17, 15) is 4.79 Å². The monoisotopic (exact) mass is 345 g/mol. The smallest absolute Gasteiger partial charge is 0.227 e. The van der Waals surface area contributed by atoms with Gasteiger partial charge in [-0.2, -0.15) is 0 Å². The molecule has 0 radical (unpaired) electrons. The van der Waals surface area contributed by atoms with E-state index < -0.39 is 0 Å². The number of guanidine groups is 1. The van der Waals surface area contributed by atoms with Gasteiger partial charge in [-0.15, -0.1) is 0 Å². The Bertz CT molecular complexity index is 582. The summed E-state index contributed by atoms with van der Waals surface area (Å²) in [5.74, 6) is 1.03. The van der Waals surface area contributed by atoms with Gasteiger partial charge in [0.2, 0.25) is 5.91 Å². The van der Waals surface area contributed by atoms with Gasteiger partial charge in [0.25, 0.3) is 0 Å².